The molecular weight excluding hydrogens is 468 g/mol. The van der Waals surface area contributed by atoms with E-state index in [0.29, 0.717) is 58.3 Å². The number of aromatic hydroxyl groups is 1. The van der Waals surface area contributed by atoms with Gasteiger partial charge >= 0.3 is 11.7 Å². The molecule has 3 aliphatic rings. The fraction of sp³-hybridized carbons (Fsp3) is 0.708. The molecule has 0 aromatic carbocycles. The Morgan fingerprint density at radius 1 is 1.22 bits per heavy atom. The highest BCUT2D eigenvalue weighted by atomic mass is 16.5. The number of amides is 3. The Kier molecular flexibility index (Phi) is 7.00. The van der Waals surface area contributed by atoms with E-state index >= 15 is 0 Å². The topological polar surface area (TPSA) is 173 Å². The van der Waals surface area contributed by atoms with E-state index in [1.165, 1.54) is 0 Å². The molecule has 1 aromatic rings. The van der Waals surface area contributed by atoms with Gasteiger partial charge in [-0.2, -0.15) is 0 Å². The maximum atomic E-state index is 13.3. The second-order valence-electron chi connectivity index (χ2n) is 10.8. The first-order chi connectivity index (χ1) is 17.0. The highest BCUT2D eigenvalue weighted by Crippen LogP contribution is 2.43. The number of unbranched alkanes of at least 4 members (excludes halogenated alkanes) is 1. The van der Waals surface area contributed by atoms with Gasteiger partial charge < -0.3 is 20.5 Å². The summed E-state index contributed by atoms with van der Waals surface area (Å²) in [4.78, 5) is 53.1. The van der Waals surface area contributed by atoms with Gasteiger partial charge in [0.2, 0.25) is 11.8 Å². The molecule has 5 N–H and O–H groups in total. The average molecular weight is 505 g/mol. The van der Waals surface area contributed by atoms with Crippen LogP contribution in [0, 0.1) is 10.8 Å². The quantitative estimate of drug-likeness (QED) is 0.317. The molecule has 0 radical (unpaired) electrons. The minimum Gasteiger partial charge on any atom is -0.494 e. The van der Waals surface area contributed by atoms with Crippen molar-refractivity contribution in [2.75, 3.05) is 19.8 Å². The normalized spacial score (nSPS) is 28.5. The Labute approximate surface area is 208 Å². The molecule has 2 saturated heterocycles. The van der Waals surface area contributed by atoms with Crippen molar-refractivity contribution in [2.45, 2.75) is 83.3 Å². The van der Waals surface area contributed by atoms with Crippen molar-refractivity contribution in [3.63, 3.8) is 0 Å². The van der Waals surface area contributed by atoms with Gasteiger partial charge in [-0.1, -0.05) is 20.3 Å². The van der Waals surface area contributed by atoms with E-state index in [9.17, 15) is 24.3 Å². The number of imide groups is 1. The van der Waals surface area contributed by atoms with Gasteiger partial charge in [-0.3, -0.25) is 29.4 Å². The molecule has 3 amide bonds. The number of ether oxygens (including phenoxy) is 1. The Hall–Kier alpha value is -3.15. The zero-order valence-corrected chi connectivity index (χ0v) is 21.0. The van der Waals surface area contributed by atoms with E-state index in [-0.39, 0.29) is 29.9 Å². The van der Waals surface area contributed by atoms with Gasteiger partial charge in [0.15, 0.2) is 0 Å². The molecular formula is C24H36N6O6. The smallest absolute Gasteiger partial charge is 0.334 e. The van der Waals surface area contributed by atoms with E-state index in [0.717, 1.165) is 15.6 Å². The lowest BCUT2D eigenvalue weighted by atomic mass is 9.72. The predicted octanol–water partition coefficient (Wildman–Crippen LogP) is 1.02. The number of carbonyl (C=O) groups is 2. The highest BCUT2D eigenvalue weighted by Gasteiger charge is 2.50. The third-order valence-corrected chi connectivity index (χ3v) is 8.06. The number of urea groups is 1. The zero-order valence-electron chi connectivity index (χ0n) is 21.0. The van der Waals surface area contributed by atoms with Crippen LogP contribution in [0.5, 0.6) is 5.88 Å². The van der Waals surface area contributed by atoms with Crippen LogP contribution in [0.15, 0.2) is 9.59 Å². The molecule has 4 rings (SSSR count). The average Bonchev–Trinajstić information content (AvgIpc) is 3.26. The number of nitrogens with one attached hydrogen (secondary N) is 2. The van der Waals surface area contributed by atoms with Crippen molar-refractivity contribution in [1.82, 2.24) is 19.4 Å². The lowest BCUT2D eigenvalue weighted by molar-refractivity contribution is -0.126. The van der Waals surface area contributed by atoms with Crippen molar-refractivity contribution in [1.29, 1.82) is 5.41 Å². The molecule has 0 unspecified atom stereocenters. The first-order valence-electron chi connectivity index (χ1n) is 12.6. The van der Waals surface area contributed by atoms with E-state index in [4.69, 9.17) is 15.9 Å². The highest BCUT2D eigenvalue weighted by molar-refractivity contribution is 5.98. The summed E-state index contributed by atoms with van der Waals surface area (Å²) in [6.45, 7) is 5.52. The molecule has 198 valence electrons. The fourth-order valence-corrected chi connectivity index (χ4v) is 5.86. The van der Waals surface area contributed by atoms with E-state index < -0.39 is 40.6 Å². The third kappa shape index (κ3) is 4.54. The zero-order chi connectivity index (χ0) is 26.3. The van der Waals surface area contributed by atoms with Crippen molar-refractivity contribution in [2.24, 2.45) is 11.1 Å². The molecule has 3 heterocycles. The third-order valence-electron chi connectivity index (χ3n) is 8.06. The summed E-state index contributed by atoms with van der Waals surface area (Å²) in [7, 11) is 0. The monoisotopic (exact) mass is 504 g/mol. The van der Waals surface area contributed by atoms with Crippen molar-refractivity contribution in [3.8, 4) is 5.88 Å². The van der Waals surface area contributed by atoms with Crippen LogP contribution in [0.25, 0.3) is 0 Å². The van der Waals surface area contributed by atoms with Crippen LogP contribution in [0.4, 0.5) is 4.79 Å². The number of hydrogen-bond acceptors (Lipinski definition) is 7. The predicted molar refractivity (Wildman–Crippen MR) is 131 cm³/mol. The van der Waals surface area contributed by atoms with E-state index in [2.05, 4.69) is 12.2 Å². The van der Waals surface area contributed by atoms with Crippen LogP contribution in [0.1, 0.15) is 76.8 Å². The van der Waals surface area contributed by atoms with Crippen molar-refractivity contribution < 1.29 is 19.4 Å². The van der Waals surface area contributed by atoms with Crippen LogP contribution in [-0.4, -0.2) is 62.2 Å². The first kappa shape index (κ1) is 25.9. The van der Waals surface area contributed by atoms with Gasteiger partial charge in [0, 0.05) is 25.7 Å². The Morgan fingerprint density at radius 3 is 2.50 bits per heavy atom. The summed E-state index contributed by atoms with van der Waals surface area (Å²) < 4.78 is 7.85. The molecule has 12 heteroatoms. The Bertz CT molecular complexity index is 1170. The van der Waals surface area contributed by atoms with Crippen molar-refractivity contribution >= 4 is 17.8 Å². The van der Waals surface area contributed by atoms with Gasteiger partial charge in [-0.25, -0.2) is 9.59 Å². The summed E-state index contributed by atoms with van der Waals surface area (Å²) in [5.41, 5.74) is 3.00. The van der Waals surface area contributed by atoms with Crippen LogP contribution in [0.2, 0.25) is 0 Å². The molecule has 1 aromatic heterocycles. The number of hydrogen-bond donors (Lipinski definition) is 4. The minimum atomic E-state index is -0.748. The minimum absolute atomic E-state index is 0.214. The summed E-state index contributed by atoms with van der Waals surface area (Å²) in [5, 5.41) is 20.8. The fourth-order valence-electron chi connectivity index (χ4n) is 5.86. The lowest BCUT2D eigenvalue weighted by Gasteiger charge is -2.48. The van der Waals surface area contributed by atoms with Crippen LogP contribution in [-0.2, 0) is 16.1 Å². The number of nitrogens with zero attached hydrogens (tertiary/aromatic N) is 3. The van der Waals surface area contributed by atoms with Gasteiger partial charge in [0.1, 0.15) is 11.4 Å². The molecule has 1 aliphatic carbocycles. The molecule has 1 spiro atoms. The molecule has 36 heavy (non-hydrogen) atoms. The molecule has 2 aliphatic heterocycles. The number of nitrogens with two attached hydrogens (primary N) is 1. The van der Waals surface area contributed by atoms with Crippen molar-refractivity contribution in [3.05, 3.63) is 26.4 Å². The van der Waals surface area contributed by atoms with Crippen LogP contribution in [0.3, 0.4) is 0 Å². The van der Waals surface area contributed by atoms with Crippen LogP contribution < -0.4 is 22.3 Å². The van der Waals surface area contributed by atoms with E-state index in [1.807, 2.05) is 6.92 Å². The summed E-state index contributed by atoms with van der Waals surface area (Å²) in [6.07, 6.45) is 4.54. The number of aromatic nitrogens is 2. The maximum Gasteiger partial charge on any atom is 0.334 e. The Balaban J connectivity index is 1.58. The summed E-state index contributed by atoms with van der Waals surface area (Å²) in [6, 6.07) is -0.815. The second kappa shape index (κ2) is 9.72. The summed E-state index contributed by atoms with van der Waals surface area (Å²) in [5.74, 6) is -1.42. The van der Waals surface area contributed by atoms with Gasteiger partial charge in [0.25, 0.3) is 5.56 Å². The number of nitrogen functional groups attached to an aromatic ring is 1. The van der Waals surface area contributed by atoms with Gasteiger partial charge in [0.05, 0.1) is 18.6 Å². The van der Waals surface area contributed by atoms with E-state index in [1.54, 1.807) is 4.90 Å². The maximum absolute atomic E-state index is 13.3. The standard InChI is InChI=1S/C24H36N6O6/c1-3-4-10-28-19(32)17(18(25)26)20(33)30(22(28)35)15-5-7-23(2,8-6-15)13-29-21(34)27-16(31)12-24(29)9-11-36-14-24/h15,32H,3-14H2,1-2H3,(H3,25,26)(H,27,31,34)/t15?,23?,24-/m0/s1. The molecule has 1 saturated carbocycles. The van der Waals surface area contributed by atoms with Gasteiger partial charge in [-0.05, 0) is 43.9 Å². The first-order valence-corrected chi connectivity index (χ1v) is 12.6. The molecule has 1 atom stereocenters. The second-order valence-corrected chi connectivity index (χ2v) is 10.8. The molecule has 0 bridgehead atoms. The largest absolute Gasteiger partial charge is 0.494 e. The number of rotatable bonds is 7. The SMILES string of the molecule is CCCCn1c(O)c(C(=N)N)c(=O)n(C2CCC(C)(CN3C(=O)NC(=O)C[C@]34CCOC4)CC2)c1=O. The molecule has 3 fully saturated rings. The lowest BCUT2D eigenvalue weighted by Crippen LogP contribution is -2.65. The van der Waals surface area contributed by atoms with Crippen LogP contribution >= 0.6 is 0 Å². The summed E-state index contributed by atoms with van der Waals surface area (Å²) >= 11 is 0. The molecule has 12 nitrogen and oxygen atoms in total. The van der Waals surface area contributed by atoms with Gasteiger partial charge in [-0.15, -0.1) is 0 Å². The Morgan fingerprint density at radius 2 is 1.92 bits per heavy atom. The number of carbonyl (C=O) groups excluding carboxylic acids is 2. The number of amidine groups is 1.